The number of furan rings is 1. The lowest BCUT2D eigenvalue weighted by Gasteiger charge is -2.03. The molecule has 0 saturated heterocycles. The van der Waals surface area contributed by atoms with Gasteiger partial charge in [-0.3, -0.25) is 0 Å². The molecule has 2 heterocycles. The van der Waals surface area contributed by atoms with E-state index >= 15 is 0 Å². The summed E-state index contributed by atoms with van der Waals surface area (Å²) in [5.41, 5.74) is 8.50. The van der Waals surface area contributed by atoms with Crippen LogP contribution in [0.3, 0.4) is 0 Å². The zero-order valence-electron chi connectivity index (χ0n) is 14.0. The number of rotatable bonds is 4. The van der Waals surface area contributed by atoms with Gasteiger partial charge in [0.05, 0.1) is 18.1 Å². The second-order valence-corrected chi connectivity index (χ2v) is 6.65. The molecule has 0 radical (unpaired) electrons. The Hall–Kier alpha value is -3.02. The van der Waals surface area contributed by atoms with E-state index in [1.807, 2.05) is 48.5 Å². The molecule has 134 valence electrons. The number of nitrogen functional groups attached to an aromatic ring is 1. The maximum absolute atomic E-state index is 6.03. The van der Waals surface area contributed by atoms with Gasteiger partial charge in [-0.15, -0.1) is 0 Å². The monoisotopic (exact) mass is 396 g/mol. The summed E-state index contributed by atoms with van der Waals surface area (Å²) in [6.07, 6.45) is 3.25. The highest BCUT2D eigenvalue weighted by molar-refractivity contribution is 6.31. The molecule has 0 aliphatic heterocycles. The Labute approximate surface area is 165 Å². The van der Waals surface area contributed by atoms with Crippen LogP contribution in [0.5, 0.6) is 0 Å². The first kappa shape index (κ1) is 17.4. The van der Waals surface area contributed by atoms with Crippen LogP contribution in [0.25, 0.3) is 22.6 Å². The molecule has 0 fully saturated rings. The third kappa shape index (κ3) is 3.74. The number of aromatic nitrogens is 2. The molecule has 0 saturated carbocycles. The molecule has 7 heteroatoms. The highest BCUT2D eigenvalue weighted by Crippen LogP contribution is 2.25. The third-order valence-corrected chi connectivity index (χ3v) is 4.43. The van der Waals surface area contributed by atoms with Gasteiger partial charge < -0.3 is 10.2 Å². The van der Waals surface area contributed by atoms with E-state index in [2.05, 4.69) is 10.1 Å². The topological polar surface area (TPSA) is 69.3 Å². The number of halogens is 2. The van der Waals surface area contributed by atoms with E-state index in [1.54, 1.807) is 29.2 Å². The lowest BCUT2D eigenvalue weighted by atomic mass is 10.2. The van der Waals surface area contributed by atoms with Gasteiger partial charge in [0, 0.05) is 21.2 Å². The molecule has 4 rings (SSSR count). The summed E-state index contributed by atoms with van der Waals surface area (Å²) in [5.74, 6) is 1.56. The van der Waals surface area contributed by atoms with Crippen LogP contribution in [-0.2, 0) is 0 Å². The van der Waals surface area contributed by atoms with E-state index in [0.29, 0.717) is 21.6 Å². The van der Waals surface area contributed by atoms with Crippen molar-refractivity contribution in [3.63, 3.8) is 0 Å². The quantitative estimate of drug-likeness (QED) is 0.457. The zero-order valence-corrected chi connectivity index (χ0v) is 15.5. The molecular formula is C20H14Cl2N4O. The Kier molecular flexibility index (Phi) is 4.71. The first-order chi connectivity index (χ1) is 13.1. The summed E-state index contributed by atoms with van der Waals surface area (Å²) in [7, 11) is 0. The fourth-order valence-electron chi connectivity index (χ4n) is 2.63. The SMILES string of the molecule is Nc1ncc(-c2ccc(Cl)cc2)n1N=Cc1ccc(-c2cccc(Cl)c2)o1. The van der Waals surface area contributed by atoms with Crippen molar-refractivity contribution in [3.8, 4) is 22.6 Å². The number of nitrogens with zero attached hydrogens (tertiary/aromatic N) is 3. The number of imidazole rings is 1. The number of hydrogen-bond donors (Lipinski definition) is 1. The van der Waals surface area contributed by atoms with E-state index in [-0.39, 0.29) is 5.95 Å². The number of nitrogens with two attached hydrogens (primary N) is 1. The van der Waals surface area contributed by atoms with Gasteiger partial charge in [0.2, 0.25) is 5.95 Å². The van der Waals surface area contributed by atoms with Crippen LogP contribution < -0.4 is 5.73 Å². The predicted molar refractivity (Wildman–Crippen MR) is 109 cm³/mol. The van der Waals surface area contributed by atoms with Crippen LogP contribution in [-0.4, -0.2) is 15.9 Å². The van der Waals surface area contributed by atoms with Crippen molar-refractivity contribution in [1.82, 2.24) is 9.66 Å². The van der Waals surface area contributed by atoms with Gasteiger partial charge in [0.1, 0.15) is 11.5 Å². The standard InChI is InChI=1S/C20H14Cl2N4O/c21-15-6-4-13(5-7-15)18-12-24-20(23)26(18)25-11-17-8-9-19(27-17)14-2-1-3-16(22)10-14/h1-12H,(H2,23,24). The molecule has 4 aromatic rings. The molecule has 0 bridgehead atoms. The number of benzene rings is 2. The predicted octanol–water partition coefficient (Wildman–Crippen LogP) is 5.58. The highest BCUT2D eigenvalue weighted by Gasteiger charge is 2.09. The summed E-state index contributed by atoms with van der Waals surface area (Å²) >= 11 is 12.0. The highest BCUT2D eigenvalue weighted by atomic mass is 35.5. The fraction of sp³-hybridized carbons (Fsp3) is 0. The number of anilines is 1. The van der Waals surface area contributed by atoms with Gasteiger partial charge >= 0.3 is 0 Å². The van der Waals surface area contributed by atoms with Crippen LogP contribution in [0.4, 0.5) is 5.95 Å². The summed E-state index contributed by atoms with van der Waals surface area (Å²) in [4.78, 5) is 4.14. The minimum Gasteiger partial charge on any atom is -0.455 e. The van der Waals surface area contributed by atoms with Gasteiger partial charge in [-0.05, 0) is 36.4 Å². The Morgan fingerprint density at radius 1 is 0.963 bits per heavy atom. The summed E-state index contributed by atoms with van der Waals surface area (Å²) < 4.78 is 7.37. The van der Waals surface area contributed by atoms with Crippen molar-refractivity contribution in [1.29, 1.82) is 0 Å². The van der Waals surface area contributed by atoms with Gasteiger partial charge in [-0.2, -0.15) is 9.78 Å². The Morgan fingerprint density at radius 2 is 1.78 bits per heavy atom. The Balaban J connectivity index is 1.63. The van der Waals surface area contributed by atoms with Gasteiger partial charge in [0.15, 0.2) is 0 Å². The zero-order chi connectivity index (χ0) is 18.8. The molecule has 2 aromatic heterocycles. The molecule has 0 aliphatic rings. The molecule has 0 spiro atoms. The largest absolute Gasteiger partial charge is 0.455 e. The van der Waals surface area contributed by atoms with E-state index in [4.69, 9.17) is 33.4 Å². The van der Waals surface area contributed by atoms with Crippen LogP contribution >= 0.6 is 23.2 Å². The fourth-order valence-corrected chi connectivity index (χ4v) is 2.95. The second-order valence-electron chi connectivity index (χ2n) is 5.78. The molecule has 5 nitrogen and oxygen atoms in total. The van der Waals surface area contributed by atoms with Gasteiger partial charge in [-0.1, -0.05) is 47.5 Å². The van der Waals surface area contributed by atoms with E-state index < -0.39 is 0 Å². The number of hydrogen-bond acceptors (Lipinski definition) is 4. The van der Waals surface area contributed by atoms with Crippen molar-refractivity contribution in [2.75, 3.05) is 5.73 Å². The summed E-state index contributed by atoms with van der Waals surface area (Å²) in [6, 6.07) is 18.5. The van der Waals surface area contributed by atoms with E-state index in [1.165, 1.54) is 0 Å². The van der Waals surface area contributed by atoms with Crippen LogP contribution in [0.1, 0.15) is 5.76 Å². The first-order valence-corrected chi connectivity index (χ1v) is 8.85. The molecule has 27 heavy (non-hydrogen) atoms. The molecular weight excluding hydrogens is 383 g/mol. The second kappa shape index (κ2) is 7.31. The van der Waals surface area contributed by atoms with Crippen LogP contribution in [0.15, 0.2) is 76.4 Å². The lowest BCUT2D eigenvalue weighted by Crippen LogP contribution is -1.99. The summed E-state index contributed by atoms with van der Waals surface area (Å²) in [5, 5.41) is 5.72. The smallest absolute Gasteiger partial charge is 0.221 e. The van der Waals surface area contributed by atoms with Crippen molar-refractivity contribution in [2.24, 2.45) is 5.10 Å². The average molecular weight is 397 g/mol. The molecule has 2 aromatic carbocycles. The maximum atomic E-state index is 6.03. The normalized spacial score (nSPS) is 11.3. The minimum absolute atomic E-state index is 0.276. The lowest BCUT2D eigenvalue weighted by molar-refractivity contribution is 0.574. The molecule has 0 atom stereocenters. The van der Waals surface area contributed by atoms with Crippen molar-refractivity contribution < 1.29 is 4.42 Å². The first-order valence-electron chi connectivity index (χ1n) is 8.09. The molecule has 2 N–H and O–H groups in total. The summed E-state index contributed by atoms with van der Waals surface area (Å²) in [6.45, 7) is 0. The van der Waals surface area contributed by atoms with Crippen molar-refractivity contribution >= 4 is 35.4 Å². The van der Waals surface area contributed by atoms with E-state index in [0.717, 1.165) is 16.8 Å². The van der Waals surface area contributed by atoms with Gasteiger partial charge in [0.25, 0.3) is 0 Å². The Morgan fingerprint density at radius 3 is 2.56 bits per heavy atom. The minimum atomic E-state index is 0.276. The van der Waals surface area contributed by atoms with Crippen LogP contribution in [0.2, 0.25) is 10.0 Å². The Bertz CT molecular complexity index is 1110. The van der Waals surface area contributed by atoms with Crippen molar-refractivity contribution in [2.45, 2.75) is 0 Å². The van der Waals surface area contributed by atoms with Crippen LogP contribution in [0, 0.1) is 0 Å². The van der Waals surface area contributed by atoms with Crippen molar-refractivity contribution in [3.05, 3.63) is 82.7 Å². The molecule has 0 amide bonds. The van der Waals surface area contributed by atoms with Gasteiger partial charge in [-0.25, -0.2) is 4.98 Å². The molecule has 0 aliphatic carbocycles. The maximum Gasteiger partial charge on any atom is 0.221 e. The average Bonchev–Trinajstić information content (AvgIpc) is 3.28. The molecule has 0 unspecified atom stereocenters. The van der Waals surface area contributed by atoms with E-state index in [9.17, 15) is 0 Å². The third-order valence-electron chi connectivity index (χ3n) is 3.94.